The highest BCUT2D eigenvalue weighted by Crippen LogP contribution is 2.08. The van der Waals surface area contributed by atoms with Crippen LogP contribution < -0.4 is 11.5 Å². The summed E-state index contributed by atoms with van der Waals surface area (Å²) >= 11 is 0. The molecule has 0 aliphatic heterocycles. The summed E-state index contributed by atoms with van der Waals surface area (Å²) in [5.41, 5.74) is 13.5. The van der Waals surface area contributed by atoms with Crippen molar-refractivity contribution in [2.45, 2.75) is 24.9 Å². The van der Waals surface area contributed by atoms with E-state index in [0.29, 0.717) is 12.8 Å². The molecule has 0 bridgehead atoms. The molecule has 4 nitrogen and oxygen atoms in total. The molecule has 0 aromatic heterocycles. The first-order valence-electron chi connectivity index (χ1n) is 5.46. The zero-order valence-corrected chi connectivity index (χ0v) is 10.6. The van der Waals surface area contributed by atoms with Crippen LogP contribution in [0.3, 0.4) is 0 Å². The van der Waals surface area contributed by atoms with Crippen LogP contribution in [0.15, 0.2) is 24.3 Å². The van der Waals surface area contributed by atoms with Gasteiger partial charge in [-0.05, 0) is 24.0 Å². The van der Waals surface area contributed by atoms with E-state index in [1.807, 2.05) is 24.3 Å². The third-order valence-corrected chi connectivity index (χ3v) is 2.49. The van der Waals surface area contributed by atoms with E-state index in [4.69, 9.17) is 21.7 Å². The van der Waals surface area contributed by atoms with Crippen molar-refractivity contribution < 1.29 is 10.2 Å². The van der Waals surface area contributed by atoms with Gasteiger partial charge in [0.1, 0.15) is 0 Å². The summed E-state index contributed by atoms with van der Waals surface area (Å²) in [5, 5.41) is 17.7. The Bertz CT molecular complexity index is 275. The summed E-state index contributed by atoms with van der Waals surface area (Å²) < 4.78 is 0. The molecule has 2 atom stereocenters. The van der Waals surface area contributed by atoms with Crippen LogP contribution in [0.5, 0.6) is 0 Å². The van der Waals surface area contributed by atoms with Gasteiger partial charge in [0.15, 0.2) is 0 Å². The Morgan fingerprint density at radius 3 is 1.35 bits per heavy atom. The highest BCUT2D eigenvalue weighted by molar-refractivity contribution is 5.85. The van der Waals surface area contributed by atoms with Crippen LogP contribution in [0.1, 0.15) is 11.1 Å². The highest BCUT2D eigenvalue weighted by Gasteiger charge is 2.04. The SMILES string of the molecule is Cl.NC(CO)Cc1ccc(CC(N)CO)cc1. The zero-order valence-electron chi connectivity index (χ0n) is 9.75. The van der Waals surface area contributed by atoms with Crippen molar-refractivity contribution in [1.82, 2.24) is 0 Å². The minimum atomic E-state index is -0.203. The van der Waals surface area contributed by atoms with Gasteiger partial charge >= 0.3 is 0 Å². The molecule has 0 fully saturated rings. The van der Waals surface area contributed by atoms with Gasteiger partial charge in [-0.25, -0.2) is 0 Å². The van der Waals surface area contributed by atoms with Crippen molar-refractivity contribution in [3.05, 3.63) is 35.4 Å². The molecule has 5 heteroatoms. The Hall–Kier alpha value is -0.650. The van der Waals surface area contributed by atoms with Gasteiger partial charge in [0.2, 0.25) is 0 Å². The molecule has 0 heterocycles. The zero-order chi connectivity index (χ0) is 12.0. The average molecular weight is 261 g/mol. The first-order chi connectivity index (χ1) is 7.65. The lowest BCUT2D eigenvalue weighted by Gasteiger charge is -2.10. The maximum absolute atomic E-state index is 8.83. The second kappa shape index (κ2) is 8.44. The van der Waals surface area contributed by atoms with Gasteiger partial charge in [0.25, 0.3) is 0 Å². The fourth-order valence-corrected chi connectivity index (χ4v) is 1.55. The molecule has 1 aromatic rings. The Balaban J connectivity index is 0.00000256. The summed E-state index contributed by atoms with van der Waals surface area (Å²) in [6, 6.07) is 7.52. The van der Waals surface area contributed by atoms with E-state index in [2.05, 4.69) is 0 Å². The van der Waals surface area contributed by atoms with Gasteiger partial charge in [-0.1, -0.05) is 24.3 Å². The van der Waals surface area contributed by atoms with Gasteiger partial charge in [0.05, 0.1) is 13.2 Å². The van der Waals surface area contributed by atoms with Gasteiger partial charge in [-0.15, -0.1) is 12.4 Å². The summed E-state index contributed by atoms with van der Waals surface area (Å²) in [6.45, 7) is -0.00568. The van der Waals surface area contributed by atoms with E-state index < -0.39 is 0 Å². The third-order valence-electron chi connectivity index (χ3n) is 2.49. The maximum atomic E-state index is 8.83. The molecule has 0 aliphatic rings. The first kappa shape index (κ1) is 16.4. The molecular weight excluding hydrogens is 240 g/mol. The number of hydrogen-bond acceptors (Lipinski definition) is 4. The standard InChI is InChI=1S/C12H20N2O2.ClH/c13-11(7-15)5-9-1-2-10(4-3-9)6-12(14)8-16;/h1-4,11-12,15-16H,5-8,13-14H2;1H. The number of aliphatic hydroxyl groups is 2. The second-order valence-corrected chi connectivity index (χ2v) is 4.11. The van der Waals surface area contributed by atoms with Crippen molar-refractivity contribution in [2.75, 3.05) is 13.2 Å². The minimum Gasteiger partial charge on any atom is -0.395 e. The van der Waals surface area contributed by atoms with Crippen molar-refractivity contribution >= 4 is 12.4 Å². The molecule has 1 aromatic carbocycles. The van der Waals surface area contributed by atoms with Crippen LogP contribution >= 0.6 is 12.4 Å². The molecule has 1 rings (SSSR count). The highest BCUT2D eigenvalue weighted by atomic mass is 35.5. The lowest BCUT2D eigenvalue weighted by molar-refractivity contribution is 0.264. The summed E-state index contributed by atoms with van der Waals surface area (Å²) in [6.07, 6.45) is 1.34. The smallest absolute Gasteiger partial charge is 0.0585 e. The van der Waals surface area contributed by atoms with Crippen molar-refractivity contribution in [2.24, 2.45) is 11.5 Å². The number of hydrogen-bond donors (Lipinski definition) is 4. The maximum Gasteiger partial charge on any atom is 0.0585 e. The largest absolute Gasteiger partial charge is 0.395 e. The number of halogens is 1. The van der Waals surface area contributed by atoms with Crippen LogP contribution in [-0.2, 0) is 12.8 Å². The molecule has 0 aliphatic carbocycles. The second-order valence-electron chi connectivity index (χ2n) is 4.11. The number of rotatable bonds is 6. The molecule has 17 heavy (non-hydrogen) atoms. The normalized spacial score (nSPS) is 13.9. The predicted molar refractivity (Wildman–Crippen MR) is 71.2 cm³/mol. The summed E-state index contributed by atoms with van der Waals surface area (Å²) in [7, 11) is 0. The van der Waals surface area contributed by atoms with E-state index in [1.54, 1.807) is 0 Å². The van der Waals surface area contributed by atoms with Crippen molar-refractivity contribution in [3.63, 3.8) is 0 Å². The number of aliphatic hydroxyl groups excluding tert-OH is 2. The van der Waals surface area contributed by atoms with Gasteiger partial charge < -0.3 is 21.7 Å². The average Bonchev–Trinajstić information content (AvgIpc) is 2.31. The predicted octanol–water partition coefficient (Wildman–Crippen LogP) is -0.167. The Labute approximate surface area is 108 Å². The first-order valence-corrected chi connectivity index (χ1v) is 5.46. The Morgan fingerprint density at radius 1 is 0.824 bits per heavy atom. The van der Waals surface area contributed by atoms with E-state index in [1.165, 1.54) is 0 Å². The van der Waals surface area contributed by atoms with E-state index >= 15 is 0 Å². The molecule has 0 amide bonds. The number of benzene rings is 1. The number of nitrogens with two attached hydrogens (primary N) is 2. The summed E-state index contributed by atoms with van der Waals surface area (Å²) in [5.74, 6) is 0. The Morgan fingerprint density at radius 2 is 1.12 bits per heavy atom. The molecular formula is C12H21ClN2O2. The fraction of sp³-hybridized carbons (Fsp3) is 0.500. The van der Waals surface area contributed by atoms with Gasteiger partial charge in [-0.2, -0.15) is 0 Å². The minimum absolute atomic E-state index is 0. The van der Waals surface area contributed by atoms with Gasteiger partial charge in [0, 0.05) is 12.1 Å². The van der Waals surface area contributed by atoms with Crippen molar-refractivity contribution in [1.29, 1.82) is 0 Å². The summed E-state index contributed by atoms with van der Waals surface area (Å²) in [4.78, 5) is 0. The fourth-order valence-electron chi connectivity index (χ4n) is 1.55. The molecule has 6 N–H and O–H groups in total. The van der Waals surface area contributed by atoms with Gasteiger partial charge in [-0.3, -0.25) is 0 Å². The lowest BCUT2D eigenvalue weighted by atomic mass is 10.0. The van der Waals surface area contributed by atoms with E-state index in [9.17, 15) is 0 Å². The van der Waals surface area contributed by atoms with Crippen LogP contribution in [0.2, 0.25) is 0 Å². The lowest BCUT2D eigenvalue weighted by Crippen LogP contribution is -2.27. The van der Waals surface area contributed by atoms with E-state index in [-0.39, 0.29) is 37.7 Å². The van der Waals surface area contributed by atoms with Crippen LogP contribution in [0, 0.1) is 0 Å². The molecule has 0 saturated carbocycles. The third kappa shape index (κ3) is 6.00. The van der Waals surface area contributed by atoms with Crippen LogP contribution in [-0.4, -0.2) is 35.5 Å². The monoisotopic (exact) mass is 260 g/mol. The van der Waals surface area contributed by atoms with Crippen LogP contribution in [0.25, 0.3) is 0 Å². The van der Waals surface area contributed by atoms with Crippen LogP contribution in [0.4, 0.5) is 0 Å². The van der Waals surface area contributed by atoms with Crippen molar-refractivity contribution in [3.8, 4) is 0 Å². The molecule has 0 radical (unpaired) electrons. The molecule has 98 valence electrons. The topological polar surface area (TPSA) is 92.5 Å². The molecule has 2 unspecified atom stereocenters. The molecule has 0 spiro atoms. The quantitative estimate of drug-likeness (QED) is 0.572. The van der Waals surface area contributed by atoms with E-state index in [0.717, 1.165) is 11.1 Å². The molecule has 0 saturated heterocycles. The Kier molecular flexibility index (Phi) is 8.12.